The summed E-state index contributed by atoms with van der Waals surface area (Å²) in [5.41, 5.74) is 7.45. The maximum atomic E-state index is 6.16. The number of hydrogen-bond donors (Lipinski definition) is 1. The van der Waals surface area contributed by atoms with Gasteiger partial charge in [-0.15, -0.1) is 0 Å². The van der Waals surface area contributed by atoms with Gasteiger partial charge in [0.1, 0.15) is 11.6 Å². The Morgan fingerprint density at radius 3 is 2.19 bits per heavy atom. The third-order valence-electron chi connectivity index (χ3n) is 2.64. The second-order valence-corrected chi connectivity index (χ2v) is 5.94. The largest absolute Gasteiger partial charge is 0.384 e. The molecule has 3 heteroatoms. The molecule has 1 heterocycles. The van der Waals surface area contributed by atoms with E-state index in [1.54, 1.807) is 0 Å². The van der Waals surface area contributed by atoms with Crippen molar-refractivity contribution in [2.24, 2.45) is 5.41 Å². The molecule has 0 fully saturated rings. The van der Waals surface area contributed by atoms with Crippen molar-refractivity contribution in [1.29, 1.82) is 0 Å². The van der Waals surface area contributed by atoms with Crippen LogP contribution in [-0.2, 0) is 13.0 Å². The highest BCUT2D eigenvalue weighted by molar-refractivity contribution is 5.39. The van der Waals surface area contributed by atoms with Crippen LogP contribution in [0.25, 0.3) is 0 Å². The maximum Gasteiger partial charge on any atom is 0.126 e. The van der Waals surface area contributed by atoms with Crippen molar-refractivity contribution in [1.82, 2.24) is 9.55 Å². The van der Waals surface area contributed by atoms with Gasteiger partial charge in [-0.05, 0) is 18.8 Å². The van der Waals surface area contributed by atoms with Gasteiger partial charge in [-0.3, -0.25) is 0 Å². The van der Waals surface area contributed by atoms with E-state index in [1.807, 2.05) is 0 Å². The van der Waals surface area contributed by atoms with Crippen molar-refractivity contribution in [2.75, 3.05) is 5.73 Å². The Morgan fingerprint density at radius 2 is 1.88 bits per heavy atom. The average molecular weight is 223 g/mol. The highest BCUT2D eigenvalue weighted by Gasteiger charge is 2.20. The second-order valence-electron chi connectivity index (χ2n) is 5.94. The third-order valence-corrected chi connectivity index (χ3v) is 2.64. The van der Waals surface area contributed by atoms with Crippen molar-refractivity contribution < 1.29 is 0 Å². The van der Waals surface area contributed by atoms with Crippen LogP contribution in [-0.4, -0.2) is 9.55 Å². The maximum absolute atomic E-state index is 6.16. The molecule has 0 bridgehead atoms. The van der Waals surface area contributed by atoms with E-state index in [-0.39, 0.29) is 5.41 Å². The van der Waals surface area contributed by atoms with Gasteiger partial charge in [-0.25, -0.2) is 4.98 Å². The van der Waals surface area contributed by atoms with Crippen molar-refractivity contribution in [3.05, 3.63) is 11.5 Å². The van der Waals surface area contributed by atoms with Crippen LogP contribution in [0.3, 0.4) is 0 Å². The zero-order chi connectivity index (χ0) is 12.5. The summed E-state index contributed by atoms with van der Waals surface area (Å²) in [4.78, 5) is 4.70. The van der Waals surface area contributed by atoms with Gasteiger partial charge in [-0.1, -0.05) is 34.6 Å². The van der Waals surface area contributed by atoms with E-state index in [0.717, 1.165) is 30.3 Å². The van der Waals surface area contributed by atoms with Crippen LogP contribution in [0, 0.1) is 5.41 Å². The minimum absolute atomic E-state index is 0.231. The van der Waals surface area contributed by atoms with Crippen LogP contribution in [0.15, 0.2) is 0 Å². The highest BCUT2D eigenvalue weighted by atomic mass is 15.1. The number of nitrogens with zero attached hydrogens (tertiary/aromatic N) is 2. The van der Waals surface area contributed by atoms with Crippen LogP contribution in [0.4, 0.5) is 5.82 Å². The molecule has 0 aliphatic carbocycles. The lowest BCUT2D eigenvalue weighted by Gasteiger charge is -2.16. The molecule has 2 N–H and O–H groups in total. The molecule has 3 nitrogen and oxygen atoms in total. The van der Waals surface area contributed by atoms with E-state index in [0.29, 0.717) is 5.92 Å². The van der Waals surface area contributed by atoms with Crippen molar-refractivity contribution >= 4 is 5.82 Å². The summed E-state index contributed by atoms with van der Waals surface area (Å²) in [7, 11) is 0. The number of nitrogen functional groups attached to an aromatic ring is 1. The molecule has 1 aromatic rings. The molecular weight excluding hydrogens is 198 g/mol. The topological polar surface area (TPSA) is 43.8 Å². The Morgan fingerprint density at radius 1 is 1.31 bits per heavy atom. The van der Waals surface area contributed by atoms with Gasteiger partial charge in [-0.2, -0.15) is 0 Å². The first kappa shape index (κ1) is 13.1. The summed E-state index contributed by atoms with van der Waals surface area (Å²) in [5, 5.41) is 0. The molecule has 0 unspecified atom stereocenters. The van der Waals surface area contributed by atoms with Gasteiger partial charge >= 0.3 is 0 Å². The van der Waals surface area contributed by atoms with Crippen LogP contribution in [0.1, 0.15) is 59.0 Å². The quantitative estimate of drug-likeness (QED) is 0.855. The summed E-state index contributed by atoms with van der Waals surface area (Å²) >= 11 is 0. The minimum atomic E-state index is 0.231. The average Bonchev–Trinajstić information content (AvgIpc) is 2.41. The van der Waals surface area contributed by atoms with E-state index >= 15 is 0 Å². The number of nitrogens with two attached hydrogens (primary N) is 1. The Balaban J connectivity index is 3.13. The lowest BCUT2D eigenvalue weighted by Crippen LogP contribution is -2.11. The van der Waals surface area contributed by atoms with Crippen LogP contribution < -0.4 is 5.73 Å². The van der Waals surface area contributed by atoms with Gasteiger partial charge in [0.2, 0.25) is 0 Å². The third kappa shape index (κ3) is 2.77. The Bertz CT molecular complexity index is 356. The summed E-state index contributed by atoms with van der Waals surface area (Å²) in [6.45, 7) is 14.0. The Hall–Kier alpha value is -0.990. The molecule has 0 aliphatic heterocycles. The molecule has 0 radical (unpaired) electrons. The molecule has 0 saturated heterocycles. The van der Waals surface area contributed by atoms with Crippen molar-refractivity contribution in [2.45, 2.75) is 60.4 Å². The number of anilines is 1. The standard InChI is InChI=1S/C13H25N3/c1-7-16-11(14)10(8-13(4,5)6)15-12(16)9(2)3/h9H,7-8,14H2,1-6H3. The zero-order valence-electron chi connectivity index (χ0n) is 11.5. The van der Waals surface area contributed by atoms with Gasteiger partial charge in [0.25, 0.3) is 0 Å². The van der Waals surface area contributed by atoms with Crippen LogP contribution >= 0.6 is 0 Å². The molecule has 0 aromatic carbocycles. The van der Waals surface area contributed by atoms with E-state index in [1.165, 1.54) is 0 Å². The first-order valence-corrected chi connectivity index (χ1v) is 6.11. The summed E-state index contributed by atoms with van der Waals surface area (Å²) < 4.78 is 2.13. The molecule has 0 aliphatic rings. The SMILES string of the molecule is CCn1c(C(C)C)nc(CC(C)(C)C)c1N. The highest BCUT2D eigenvalue weighted by Crippen LogP contribution is 2.27. The summed E-state index contributed by atoms with van der Waals surface area (Å²) in [6, 6.07) is 0. The number of hydrogen-bond acceptors (Lipinski definition) is 2. The van der Waals surface area contributed by atoms with Gasteiger partial charge < -0.3 is 10.3 Å². The molecular formula is C13H25N3. The van der Waals surface area contributed by atoms with E-state index in [2.05, 4.69) is 46.1 Å². The zero-order valence-corrected chi connectivity index (χ0v) is 11.5. The molecule has 0 atom stereocenters. The van der Waals surface area contributed by atoms with Crippen molar-refractivity contribution in [3.63, 3.8) is 0 Å². The Kier molecular flexibility index (Phi) is 3.66. The molecule has 1 rings (SSSR count). The number of aromatic nitrogens is 2. The molecule has 16 heavy (non-hydrogen) atoms. The summed E-state index contributed by atoms with van der Waals surface area (Å²) in [6.07, 6.45) is 0.936. The van der Waals surface area contributed by atoms with Gasteiger partial charge in [0.15, 0.2) is 0 Å². The van der Waals surface area contributed by atoms with Crippen molar-refractivity contribution in [3.8, 4) is 0 Å². The molecule has 1 aromatic heterocycles. The van der Waals surface area contributed by atoms with E-state index < -0.39 is 0 Å². The van der Waals surface area contributed by atoms with E-state index in [9.17, 15) is 0 Å². The minimum Gasteiger partial charge on any atom is -0.384 e. The van der Waals surface area contributed by atoms with Gasteiger partial charge in [0.05, 0.1) is 5.69 Å². The predicted octanol–water partition coefficient (Wildman–Crippen LogP) is 3.20. The fourth-order valence-electron chi connectivity index (χ4n) is 1.94. The summed E-state index contributed by atoms with van der Waals surface area (Å²) in [5.74, 6) is 2.39. The van der Waals surface area contributed by atoms with Crippen LogP contribution in [0.2, 0.25) is 0 Å². The first-order chi connectivity index (χ1) is 7.26. The first-order valence-electron chi connectivity index (χ1n) is 6.11. The number of rotatable bonds is 3. The lowest BCUT2D eigenvalue weighted by atomic mass is 9.90. The molecule has 0 saturated carbocycles. The fraction of sp³-hybridized carbons (Fsp3) is 0.769. The second kappa shape index (κ2) is 4.48. The molecule has 92 valence electrons. The molecule has 0 amide bonds. The normalized spacial score (nSPS) is 12.4. The lowest BCUT2D eigenvalue weighted by molar-refractivity contribution is 0.407. The predicted molar refractivity (Wildman–Crippen MR) is 69.6 cm³/mol. The monoisotopic (exact) mass is 223 g/mol. The fourth-order valence-corrected chi connectivity index (χ4v) is 1.94. The molecule has 0 spiro atoms. The Labute approximate surface area is 99.1 Å². The van der Waals surface area contributed by atoms with E-state index in [4.69, 9.17) is 10.7 Å². The van der Waals surface area contributed by atoms with Gasteiger partial charge in [0, 0.05) is 12.5 Å². The smallest absolute Gasteiger partial charge is 0.126 e. The van der Waals surface area contributed by atoms with Crippen LogP contribution in [0.5, 0.6) is 0 Å². The number of imidazole rings is 1.